The summed E-state index contributed by atoms with van der Waals surface area (Å²) in [6, 6.07) is 1.84. The van der Waals surface area contributed by atoms with Gasteiger partial charge in [0.15, 0.2) is 0 Å². The first-order chi connectivity index (χ1) is 8.31. The van der Waals surface area contributed by atoms with Crippen molar-refractivity contribution in [2.45, 2.75) is 33.4 Å². The molecule has 1 aromatic heterocycles. The molecule has 1 heterocycles. The van der Waals surface area contributed by atoms with Crippen LogP contribution in [0, 0.1) is 6.92 Å². The highest BCUT2D eigenvalue weighted by Crippen LogP contribution is 2.23. The van der Waals surface area contributed by atoms with Crippen LogP contribution in [0.25, 0.3) is 0 Å². The van der Waals surface area contributed by atoms with Crippen molar-refractivity contribution in [3.63, 3.8) is 0 Å². The Hall–Kier alpha value is -1.40. The summed E-state index contributed by atoms with van der Waals surface area (Å²) in [7, 11) is 0. The maximum Gasteiger partial charge on any atom is 0.345 e. The molecule has 0 atom stereocenters. The van der Waals surface area contributed by atoms with E-state index in [0.29, 0.717) is 11.4 Å². The van der Waals surface area contributed by atoms with Crippen molar-refractivity contribution >= 4 is 23.2 Å². The number of carbonyl (C=O) groups is 2. The number of thiophene rings is 1. The van der Waals surface area contributed by atoms with Gasteiger partial charge in [-0.05, 0) is 32.4 Å². The number of rotatable bonds is 6. The molecular formula is C12H18N2O3S. The van der Waals surface area contributed by atoms with Crippen molar-refractivity contribution in [2.24, 2.45) is 5.73 Å². The number of hydrogen-bond donors (Lipinski definition) is 2. The van der Waals surface area contributed by atoms with E-state index in [4.69, 9.17) is 10.8 Å². The molecule has 0 fully saturated rings. The predicted molar refractivity (Wildman–Crippen MR) is 70.8 cm³/mol. The van der Waals surface area contributed by atoms with Gasteiger partial charge in [-0.25, -0.2) is 4.79 Å². The average molecular weight is 270 g/mol. The molecule has 0 bridgehead atoms. The standard InChI is InChI=1S/C12H18N2O3S/c1-7(2)14(6-11(13)15)5-9-4-10(12(16)17)18-8(9)3/h4,7H,5-6H2,1-3H3,(H2,13,15)(H,16,17). The molecule has 6 heteroatoms. The summed E-state index contributed by atoms with van der Waals surface area (Å²) in [5.74, 6) is -1.30. The second kappa shape index (κ2) is 5.97. The number of aromatic carboxylic acids is 1. The Labute approximate surface area is 110 Å². The molecule has 0 spiro atoms. The third-order valence-electron chi connectivity index (χ3n) is 2.69. The summed E-state index contributed by atoms with van der Waals surface area (Å²) in [5.41, 5.74) is 6.14. The van der Waals surface area contributed by atoms with Crippen molar-refractivity contribution in [3.05, 3.63) is 21.4 Å². The topological polar surface area (TPSA) is 83.6 Å². The van der Waals surface area contributed by atoms with Crippen molar-refractivity contribution in [1.82, 2.24) is 4.90 Å². The van der Waals surface area contributed by atoms with Gasteiger partial charge in [-0.1, -0.05) is 0 Å². The van der Waals surface area contributed by atoms with Crippen LogP contribution in [-0.4, -0.2) is 34.5 Å². The Morgan fingerprint density at radius 1 is 1.50 bits per heavy atom. The van der Waals surface area contributed by atoms with Gasteiger partial charge in [-0.3, -0.25) is 9.69 Å². The van der Waals surface area contributed by atoms with E-state index in [9.17, 15) is 9.59 Å². The monoisotopic (exact) mass is 270 g/mol. The molecule has 1 rings (SSSR count). The number of amides is 1. The van der Waals surface area contributed by atoms with E-state index in [1.165, 1.54) is 11.3 Å². The zero-order valence-corrected chi connectivity index (χ0v) is 11.6. The largest absolute Gasteiger partial charge is 0.477 e. The SMILES string of the molecule is Cc1sc(C(=O)O)cc1CN(CC(N)=O)C(C)C. The molecule has 0 aliphatic rings. The van der Waals surface area contributed by atoms with E-state index in [-0.39, 0.29) is 18.5 Å². The van der Waals surface area contributed by atoms with Crippen LogP contribution in [0.5, 0.6) is 0 Å². The molecule has 3 N–H and O–H groups in total. The van der Waals surface area contributed by atoms with Crippen LogP contribution < -0.4 is 5.73 Å². The first-order valence-electron chi connectivity index (χ1n) is 5.66. The van der Waals surface area contributed by atoms with Crippen LogP contribution in [0.15, 0.2) is 6.07 Å². The van der Waals surface area contributed by atoms with Gasteiger partial charge in [0.05, 0.1) is 6.54 Å². The van der Waals surface area contributed by atoms with E-state index in [0.717, 1.165) is 10.4 Å². The fourth-order valence-corrected chi connectivity index (χ4v) is 2.50. The molecule has 0 saturated heterocycles. The molecule has 0 unspecified atom stereocenters. The fraction of sp³-hybridized carbons (Fsp3) is 0.500. The van der Waals surface area contributed by atoms with E-state index in [2.05, 4.69) is 0 Å². The maximum atomic E-state index is 11.0. The summed E-state index contributed by atoms with van der Waals surface area (Å²) in [6.07, 6.45) is 0. The highest BCUT2D eigenvalue weighted by Gasteiger charge is 2.17. The van der Waals surface area contributed by atoms with Crippen LogP contribution in [0.4, 0.5) is 0 Å². The number of primary amides is 1. The summed E-state index contributed by atoms with van der Waals surface area (Å²) < 4.78 is 0. The fourth-order valence-electron chi connectivity index (χ4n) is 1.62. The van der Waals surface area contributed by atoms with E-state index < -0.39 is 5.97 Å². The average Bonchev–Trinajstić information content (AvgIpc) is 2.58. The molecule has 5 nitrogen and oxygen atoms in total. The van der Waals surface area contributed by atoms with Crippen LogP contribution in [-0.2, 0) is 11.3 Å². The smallest absolute Gasteiger partial charge is 0.345 e. The second-order valence-electron chi connectivity index (χ2n) is 4.46. The Balaban J connectivity index is 2.86. The third-order valence-corrected chi connectivity index (χ3v) is 3.77. The van der Waals surface area contributed by atoms with E-state index in [1.54, 1.807) is 6.07 Å². The zero-order valence-electron chi connectivity index (χ0n) is 10.8. The molecule has 0 aliphatic heterocycles. The van der Waals surface area contributed by atoms with Crippen molar-refractivity contribution in [3.8, 4) is 0 Å². The minimum absolute atomic E-state index is 0.171. The molecular weight excluding hydrogens is 252 g/mol. The first kappa shape index (κ1) is 14.7. The molecule has 1 amide bonds. The van der Waals surface area contributed by atoms with Crippen LogP contribution in [0.3, 0.4) is 0 Å². The molecule has 0 aromatic carbocycles. The van der Waals surface area contributed by atoms with Crippen LogP contribution in [0.1, 0.15) is 34.0 Å². The Morgan fingerprint density at radius 2 is 2.11 bits per heavy atom. The van der Waals surface area contributed by atoms with E-state index >= 15 is 0 Å². The van der Waals surface area contributed by atoms with Gasteiger partial charge < -0.3 is 10.8 Å². The summed E-state index contributed by atoms with van der Waals surface area (Å²) in [5, 5.41) is 8.93. The van der Waals surface area contributed by atoms with Gasteiger partial charge in [0, 0.05) is 17.5 Å². The number of aryl methyl sites for hydroxylation is 1. The molecule has 1 aromatic rings. The quantitative estimate of drug-likeness (QED) is 0.819. The van der Waals surface area contributed by atoms with Crippen molar-refractivity contribution in [2.75, 3.05) is 6.54 Å². The van der Waals surface area contributed by atoms with Crippen molar-refractivity contribution < 1.29 is 14.7 Å². The number of nitrogens with zero attached hydrogens (tertiary/aromatic N) is 1. The van der Waals surface area contributed by atoms with E-state index in [1.807, 2.05) is 25.7 Å². The van der Waals surface area contributed by atoms with Gasteiger partial charge in [0.25, 0.3) is 0 Å². The van der Waals surface area contributed by atoms with Crippen LogP contribution >= 0.6 is 11.3 Å². The lowest BCUT2D eigenvalue weighted by Crippen LogP contribution is -2.38. The highest BCUT2D eigenvalue weighted by atomic mass is 32.1. The van der Waals surface area contributed by atoms with Gasteiger partial charge in [0.1, 0.15) is 4.88 Å². The lowest BCUT2D eigenvalue weighted by atomic mass is 10.2. The number of carboxylic acid groups (broad SMARTS) is 1. The second-order valence-corrected chi connectivity index (χ2v) is 5.72. The highest BCUT2D eigenvalue weighted by molar-refractivity contribution is 7.14. The summed E-state index contributed by atoms with van der Waals surface area (Å²) in [6.45, 7) is 6.55. The summed E-state index contributed by atoms with van der Waals surface area (Å²) in [4.78, 5) is 25.1. The minimum Gasteiger partial charge on any atom is -0.477 e. The minimum atomic E-state index is -0.916. The number of carbonyl (C=O) groups excluding carboxylic acids is 1. The first-order valence-corrected chi connectivity index (χ1v) is 6.48. The Bertz CT molecular complexity index is 454. The normalized spacial score (nSPS) is 11.2. The van der Waals surface area contributed by atoms with Gasteiger partial charge in [0.2, 0.25) is 5.91 Å². The van der Waals surface area contributed by atoms with Gasteiger partial charge >= 0.3 is 5.97 Å². The molecule has 18 heavy (non-hydrogen) atoms. The molecule has 0 aliphatic carbocycles. The lowest BCUT2D eigenvalue weighted by Gasteiger charge is -2.24. The number of carboxylic acids is 1. The zero-order chi connectivity index (χ0) is 13.9. The Kier molecular flexibility index (Phi) is 4.86. The van der Waals surface area contributed by atoms with Crippen LogP contribution in [0.2, 0.25) is 0 Å². The maximum absolute atomic E-state index is 11.0. The Morgan fingerprint density at radius 3 is 2.50 bits per heavy atom. The third kappa shape index (κ3) is 3.82. The molecule has 0 radical (unpaired) electrons. The predicted octanol–water partition coefficient (Wildman–Crippen LogP) is 1.45. The number of nitrogens with two attached hydrogens (primary N) is 1. The number of hydrogen-bond acceptors (Lipinski definition) is 4. The van der Waals surface area contributed by atoms with Gasteiger partial charge in [-0.2, -0.15) is 0 Å². The van der Waals surface area contributed by atoms with Crippen molar-refractivity contribution in [1.29, 1.82) is 0 Å². The molecule has 100 valence electrons. The molecule has 0 saturated carbocycles. The van der Waals surface area contributed by atoms with Gasteiger partial charge in [-0.15, -0.1) is 11.3 Å². The summed E-state index contributed by atoms with van der Waals surface area (Å²) >= 11 is 1.25. The lowest BCUT2D eigenvalue weighted by molar-refractivity contribution is -0.119.